The van der Waals surface area contributed by atoms with Crippen LogP contribution in [0.4, 0.5) is 0 Å². The summed E-state index contributed by atoms with van der Waals surface area (Å²) in [6, 6.07) is 7.56. The van der Waals surface area contributed by atoms with Crippen molar-refractivity contribution in [3.63, 3.8) is 0 Å². The van der Waals surface area contributed by atoms with E-state index in [0.717, 1.165) is 25.9 Å². The Labute approximate surface area is 157 Å². The molecule has 0 amide bonds. The lowest BCUT2D eigenvalue weighted by Crippen LogP contribution is -2.46. The van der Waals surface area contributed by atoms with Crippen LogP contribution in [0.3, 0.4) is 0 Å². The van der Waals surface area contributed by atoms with Crippen LogP contribution < -0.4 is 0 Å². The van der Waals surface area contributed by atoms with Crippen molar-refractivity contribution in [2.24, 2.45) is 5.92 Å². The molecule has 26 heavy (non-hydrogen) atoms. The first kappa shape index (κ1) is 19.3. The second kappa shape index (κ2) is 8.08. The first-order chi connectivity index (χ1) is 12.4. The summed E-state index contributed by atoms with van der Waals surface area (Å²) in [7, 11) is -3.55. The maximum atomic E-state index is 13.2. The number of nitrogens with zero attached hydrogens (tertiary/aromatic N) is 3. The lowest BCUT2D eigenvalue weighted by molar-refractivity contribution is 0.115. The predicted octanol–water partition coefficient (Wildman–Crippen LogP) is 3.14. The van der Waals surface area contributed by atoms with Gasteiger partial charge in [0.25, 0.3) is 0 Å². The van der Waals surface area contributed by atoms with Crippen LogP contribution in [-0.2, 0) is 10.0 Å². The number of benzene rings is 1. The highest BCUT2D eigenvalue weighted by Gasteiger charge is 2.33. The molecule has 6 heteroatoms. The number of likely N-dealkylation sites (tertiary alicyclic amines) is 1. The van der Waals surface area contributed by atoms with E-state index < -0.39 is 10.0 Å². The van der Waals surface area contributed by atoms with Crippen LogP contribution in [0.2, 0.25) is 0 Å². The predicted molar refractivity (Wildman–Crippen MR) is 102 cm³/mol. The Kier molecular flexibility index (Phi) is 6.01. The molecule has 1 aromatic rings. The number of aryl methyl sites for hydroxylation is 1. The van der Waals surface area contributed by atoms with E-state index in [2.05, 4.69) is 11.8 Å². The zero-order valence-corrected chi connectivity index (χ0v) is 16.6. The number of hydrogen-bond acceptors (Lipinski definition) is 4. The Hall–Kier alpha value is -1.42. The molecule has 2 atom stereocenters. The molecule has 2 heterocycles. The van der Waals surface area contributed by atoms with Crippen molar-refractivity contribution in [2.45, 2.75) is 56.9 Å². The molecule has 2 saturated heterocycles. The summed E-state index contributed by atoms with van der Waals surface area (Å²) < 4.78 is 28.0. The molecule has 2 aliphatic heterocycles. The summed E-state index contributed by atoms with van der Waals surface area (Å²) in [5.41, 5.74) is 1.10. The van der Waals surface area contributed by atoms with E-state index in [1.165, 1.54) is 25.3 Å². The van der Waals surface area contributed by atoms with E-state index in [9.17, 15) is 8.42 Å². The third-order valence-electron chi connectivity index (χ3n) is 5.85. The van der Waals surface area contributed by atoms with Crippen molar-refractivity contribution >= 4 is 10.0 Å². The van der Waals surface area contributed by atoms with Crippen molar-refractivity contribution in [1.29, 1.82) is 5.26 Å². The fourth-order valence-corrected chi connectivity index (χ4v) is 6.05. The molecule has 142 valence electrons. The Bertz CT molecular complexity index is 785. The highest BCUT2D eigenvalue weighted by molar-refractivity contribution is 7.89. The van der Waals surface area contributed by atoms with E-state index in [4.69, 9.17) is 5.26 Å². The van der Waals surface area contributed by atoms with Gasteiger partial charge >= 0.3 is 0 Å². The first-order valence-electron chi connectivity index (χ1n) is 9.67. The summed E-state index contributed by atoms with van der Waals surface area (Å²) >= 11 is 0. The Balaban J connectivity index is 1.75. The molecule has 3 rings (SSSR count). The van der Waals surface area contributed by atoms with Crippen molar-refractivity contribution in [3.05, 3.63) is 29.3 Å². The lowest BCUT2D eigenvalue weighted by atomic mass is 9.96. The molecule has 0 saturated carbocycles. The van der Waals surface area contributed by atoms with Crippen LogP contribution in [0.1, 0.15) is 50.2 Å². The molecule has 0 bridgehead atoms. The summed E-state index contributed by atoms with van der Waals surface area (Å²) in [5.74, 6) is 0.388. The van der Waals surface area contributed by atoms with E-state index >= 15 is 0 Å². The molecule has 0 aliphatic carbocycles. The highest BCUT2D eigenvalue weighted by Crippen LogP contribution is 2.28. The van der Waals surface area contributed by atoms with Crippen LogP contribution in [0.25, 0.3) is 0 Å². The third-order valence-corrected chi connectivity index (χ3v) is 7.86. The maximum Gasteiger partial charge on any atom is 0.243 e. The number of rotatable bonds is 4. The summed E-state index contributed by atoms with van der Waals surface area (Å²) in [6.07, 6.45) is 5.79. The molecule has 0 aromatic heterocycles. The second-order valence-corrected chi connectivity index (χ2v) is 9.71. The van der Waals surface area contributed by atoms with E-state index in [1.807, 2.05) is 6.07 Å². The molecular weight excluding hydrogens is 346 g/mol. The van der Waals surface area contributed by atoms with Gasteiger partial charge < -0.3 is 4.90 Å². The number of nitriles is 1. The number of hydrogen-bond donors (Lipinski definition) is 0. The minimum atomic E-state index is -3.55. The van der Waals surface area contributed by atoms with Crippen LogP contribution >= 0.6 is 0 Å². The van der Waals surface area contributed by atoms with Gasteiger partial charge in [0.1, 0.15) is 0 Å². The standard InChI is InChI=1S/C20H29N3O2S/c1-16-8-9-18(13-21)12-20(16)26(24,25)23-11-5-7-19(15-23)14-22-10-4-3-6-17(22)2/h8-9,12,17,19H,3-7,10-11,14-15H2,1-2H3. The first-order valence-corrected chi connectivity index (χ1v) is 11.1. The second-order valence-electron chi connectivity index (χ2n) is 7.80. The van der Waals surface area contributed by atoms with Crippen LogP contribution in [0.15, 0.2) is 23.1 Å². The molecular formula is C20H29N3O2S. The lowest BCUT2D eigenvalue weighted by Gasteiger charge is -2.39. The minimum absolute atomic E-state index is 0.281. The smallest absolute Gasteiger partial charge is 0.243 e. The van der Waals surface area contributed by atoms with Gasteiger partial charge in [0.15, 0.2) is 0 Å². The Morgan fingerprint density at radius 1 is 1.19 bits per heavy atom. The average molecular weight is 376 g/mol. The van der Waals surface area contributed by atoms with Crippen molar-refractivity contribution in [1.82, 2.24) is 9.21 Å². The molecule has 2 aliphatic rings. The van der Waals surface area contributed by atoms with E-state index in [-0.39, 0.29) is 4.90 Å². The van der Waals surface area contributed by atoms with Gasteiger partial charge in [-0.3, -0.25) is 0 Å². The number of piperidine rings is 2. The molecule has 2 unspecified atom stereocenters. The van der Waals surface area contributed by atoms with Gasteiger partial charge in [-0.15, -0.1) is 0 Å². The summed E-state index contributed by atoms with van der Waals surface area (Å²) in [4.78, 5) is 2.81. The molecule has 1 aromatic carbocycles. The topological polar surface area (TPSA) is 64.4 Å². The van der Waals surface area contributed by atoms with Gasteiger partial charge in [-0.2, -0.15) is 9.57 Å². The Morgan fingerprint density at radius 3 is 2.73 bits per heavy atom. The normalized spacial score (nSPS) is 25.7. The van der Waals surface area contributed by atoms with Gasteiger partial charge in [-0.1, -0.05) is 12.5 Å². The van der Waals surface area contributed by atoms with Gasteiger partial charge in [-0.25, -0.2) is 8.42 Å². The monoisotopic (exact) mass is 375 g/mol. The van der Waals surface area contributed by atoms with Crippen LogP contribution in [-0.4, -0.2) is 49.8 Å². The van der Waals surface area contributed by atoms with Gasteiger partial charge in [0.2, 0.25) is 10.0 Å². The summed E-state index contributed by atoms with van der Waals surface area (Å²) in [5, 5.41) is 9.11. The van der Waals surface area contributed by atoms with Crippen molar-refractivity contribution in [3.8, 4) is 6.07 Å². The SMILES string of the molecule is Cc1ccc(C#N)cc1S(=O)(=O)N1CCCC(CN2CCCCC2C)C1. The molecule has 0 N–H and O–H groups in total. The van der Waals surface area contributed by atoms with Gasteiger partial charge in [0, 0.05) is 25.7 Å². The van der Waals surface area contributed by atoms with E-state index in [0.29, 0.717) is 36.2 Å². The molecule has 0 spiro atoms. The quantitative estimate of drug-likeness (QED) is 0.811. The van der Waals surface area contributed by atoms with Gasteiger partial charge in [0.05, 0.1) is 16.5 Å². The molecule has 5 nitrogen and oxygen atoms in total. The van der Waals surface area contributed by atoms with Crippen molar-refractivity contribution in [2.75, 3.05) is 26.2 Å². The maximum absolute atomic E-state index is 13.2. The largest absolute Gasteiger partial charge is 0.300 e. The average Bonchev–Trinajstić information content (AvgIpc) is 2.64. The zero-order chi connectivity index (χ0) is 18.7. The number of sulfonamides is 1. The van der Waals surface area contributed by atoms with Crippen molar-refractivity contribution < 1.29 is 8.42 Å². The minimum Gasteiger partial charge on any atom is -0.300 e. The fourth-order valence-electron chi connectivity index (χ4n) is 4.24. The van der Waals surface area contributed by atoms with Crippen LogP contribution in [0, 0.1) is 24.2 Å². The molecule has 2 fully saturated rings. The van der Waals surface area contributed by atoms with E-state index in [1.54, 1.807) is 23.4 Å². The van der Waals surface area contributed by atoms with Gasteiger partial charge in [-0.05, 0) is 69.7 Å². The summed E-state index contributed by atoms with van der Waals surface area (Å²) in [6.45, 7) is 7.36. The zero-order valence-electron chi connectivity index (χ0n) is 15.8. The van der Waals surface area contributed by atoms with Crippen LogP contribution in [0.5, 0.6) is 0 Å². The Morgan fingerprint density at radius 2 is 2.00 bits per heavy atom. The fraction of sp³-hybridized carbons (Fsp3) is 0.650. The molecule has 0 radical (unpaired) electrons. The third kappa shape index (κ3) is 4.11. The highest BCUT2D eigenvalue weighted by atomic mass is 32.2.